The number of thiol groups is 1. The van der Waals surface area contributed by atoms with E-state index in [0.29, 0.717) is 18.7 Å². The molecule has 0 radical (unpaired) electrons. The third-order valence-electron chi connectivity index (χ3n) is 3.16. The largest absolute Gasteiger partial charge is 0.352 e. The van der Waals surface area contributed by atoms with Crippen LogP contribution in [-0.4, -0.2) is 16.6 Å². The van der Waals surface area contributed by atoms with Crippen LogP contribution in [0.15, 0.2) is 54.9 Å². The second-order valence-electron chi connectivity index (χ2n) is 4.63. The lowest BCUT2D eigenvalue weighted by Crippen LogP contribution is -2.25. The van der Waals surface area contributed by atoms with E-state index in [4.69, 9.17) is 0 Å². The molecule has 1 N–H and O–H groups in total. The van der Waals surface area contributed by atoms with Crippen LogP contribution in [0.5, 0.6) is 0 Å². The highest BCUT2D eigenvalue weighted by Gasteiger charge is 2.14. The SMILES string of the molecule is O=C(CC(CS)c1ccccc1)NCc1ccncc1. The monoisotopic (exact) mass is 286 g/mol. The summed E-state index contributed by atoms with van der Waals surface area (Å²) in [5.41, 5.74) is 2.21. The van der Waals surface area contributed by atoms with Gasteiger partial charge in [-0.15, -0.1) is 0 Å². The highest BCUT2D eigenvalue weighted by atomic mass is 32.1. The average molecular weight is 286 g/mol. The van der Waals surface area contributed by atoms with Crippen molar-refractivity contribution in [1.29, 1.82) is 0 Å². The Hall–Kier alpha value is -1.81. The van der Waals surface area contributed by atoms with Crippen molar-refractivity contribution in [2.45, 2.75) is 18.9 Å². The molecule has 0 saturated heterocycles. The zero-order chi connectivity index (χ0) is 14.2. The fraction of sp³-hybridized carbons (Fsp3) is 0.250. The van der Waals surface area contributed by atoms with Gasteiger partial charge in [-0.1, -0.05) is 30.3 Å². The van der Waals surface area contributed by atoms with Crippen LogP contribution in [0.2, 0.25) is 0 Å². The quantitative estimate of drug-likeness (QED) is 0.802. The zero-order valence-electron chi connectivity index (χ0n) is 11.2. The Morgan fingerprint density at radius 2 is 1.85 bits per heavy atom. The number of aromatic nitrogens is 1. The first-order chi connectivity index (χ1) is 9.79. The molecule has 0 fully saturated rings. The van der Waals surface area contributed by atoms with E-state index in [1.165, 1.54) is 0 Å². The molecule has 0 aliphatic rings. The minimum absolute atomic E-state index is 0.0460. The molecule has 1 aromatic carbocycles. The molecule has 0 bridgehead atoms. The fourth-order valence-corrected chi connectivity index (χ4v) is 2.35. The van der Waals surface area contributed by atoms with Crippen molar-refractivity contribution in [3.63, 3.8) is 0 Å². The van der Waals surface area contributed by atoms with E-state index in [0.717, 1.165) is 11.1 Å². The van der Waals surface area contributed by atoms with Gasteiger partial charge in [0.15, 0.2) is 0 Å². The van der Waals surface area contributed by atoms with E-state index >= 15 is 0 Å². The number of nitrogens with zero attached hydrogens (tertiary/aromatic N) is 1. The normalized spacial score (nSPS) is 11.8. The molecule has 1 aromatic heterocycles. The Balaban J connectivity index is 1.87. The molecular formula is C16H18N2OS. The summed E-state index contributed by atoms with van der Waals surface area (Å²) in [6, 6.07) is 13.8. The van der Waals surface area contributed by atoms with Gasteiger partial charge in [-0.2, -0.15) is 12.6 Å². The molecule has 3 nitrogen and oxygen atoms in total. The summed E-state index contributed by atoms with van der Waals surface area (Å²) in [6.45, 7) is 0.537. The molecule has 0 spiro atoms. The molecule has 2 aromatic rings. The van der Waals surface area contributed by atoms with Gasteiger partial charge in [0.05, 0.1) is 0 Å². The Kier molecular flexibility index (Phi) is 5.62. The number of rotatable bonds is 6. The maximum Gasteiger partial charge on any atom is 0.220 e. The third kappa shape index (κ3) is 4.38. The molecular weight excluding hydrogens is 268 g/mol. The summed E-state index contributed by atoms with van der Waals surface area (Å²) < 4.78 is 0. The first-order valence-corrected chi connectivity index (χ1v) is 7.24. The zero-order valence-corrected chi connectivity index (χ0v) is 12.1. The van der Waals surface area contributed by atoms with E-state index in [-0.39, 0.29) is 11.8 Å². The Labute approximate surface area is 124 Å². The van der Waals surface area contributed by atoms with Crippen LogP contribution in [0, 0.1) is 0 Å². The predicted octanol–water partition coefficient (Wildman–Crippen LogP) is 2.80. The lowest BCUT2D eigenvalue weighted by Gasteiger charge is -2.14. The molecule has 20 heavy (non-hydrogen) atoms. The summed E-state index contributed by atoms with van der Waals surface area (Å²) >= 11 is 4.35. The Morgan fingerprint density at radius 1 is 1.15 bits per heavy atom. The van der Waals surface area contributed by atoms with Gasteiger partial charge in [0.1, 0.15) is 0 Å². The van der Waals surface area contributed by atoms with Crippen molar-refractivity contribution < 1.29 is 4.79 Å². The van der Waals surface area contributed by atoms with Crippen LogP contribution >= 0.6 is 12.6 Å². The minimum Gasteiger partial charge on any atom is -0.352 e. The number of nitrogens with one attached hydrogen (secondary N) is 1. The molecule has 0 aliphatic carbocycles. The maximum absolute atomic E-state index is 12.0. The molecule has 2 rings (SSSR count). The molecule has 1 amide bonds. The summed E-state index contributed by atoms with van der Waals surface area (Å²) in [5.74, 6) is 0.855. The van der Waals surface area contributed by atoms with Crippen LogP contribution in [0.1, 0.15) is 23.5 Å². The Bertz CT molecular complexity index is 531. The van der Waals surface area contributed by atoms with Crippen molar-refractivity contribution in [1.82, 2.24) is 10.3 Å². The standard InChI is InChI=1S/C16H18N2OS/c19-16(18-11-13-6-8-17-9-7-13)10-15(12-20)14-4-2-1-3-5-14/h1-9,15,20H,10-12H2,(H,18,19). The second kappa shape index (κ2) is 7.70. The topological polar surface area (TPSA) is 42.0 Å². The van der Waals surface area contributed by atoms with Gasteiger partial charge in [0, 0.05) is 31.3 Å². The minimum atomic E-state index is 0.0460. The van der Waals surface area contributed by atoms with Gasteiger partial charge in [0.25, 0.3) is 0 Å². The van der Waals surface area contributed by atoms with E-state index in [1.807, 2.05) is 42.5 Å². The fourth-order valence-electron chi connectivity index (χ4n) is 2.01. The van der Waals surface area contributed by atoms with Gasteiger partial charge < -0.3 is 5.32 Å². The number of carbonyl (C=O) groups is 1. The smallest absolute Gasteiger partial charge is 0.220 e. The number of carbonyl (C=O) groups excluding carboxylic acids is 1. The van der Waals surface area contributed by atoms with Crippen molar-refractivity contribution in [2.75, 3.05) is 5.75 Å². The van der Waals surface area contributed by atoms with Crippen LogP contribution in [-0.2, 0) is 11.3 Å². The molecule has 1 unspecified atom stereocenters. The van der Waals surface area contributed by atoms with Crippen molar-refractivity contribution in [2.24, 2.45) is 0 Å². The lowest BCUT2D eigenvalue weighted by atomic mass is 9.97. The van der Waals surface area contributed by atoms with Gasteiger partial charge >= 0.3 is 0 Å². The molecule has 1 atom stereocenters. The number of pyridine rings is 1. The number of hydrogen-bond acceptors (Lipinski definition) is 3. The average Bonchev–Trinajstić information content (AvgIpc) is 2.52. The van der Waals surface area contributed by atoms with Gasteiger partial charge in [0.2, 0.25) is 5.91 Å². The van der Waals surface area contributed by atoms with Gasteiger partial charge in [-0.25, -0.2) is 0 Å². The molecule has 104 valence electrons. The molecule has 0 saturated carbocycles. The summed E-state index contributed by atoms with van der Waals surface area (Å²) in [5, 5.41) is 2.93. The van der Waals surface area contributed by atoms with Crippen molar-refractivity contribution in [3.8, 4) is 0 Å². The van der Waals surface area contributed by atoms with E-state index in [2.05, 4.69) is 22.9 Å². The van der Waals surface area contributed by atoms with Crippen LogP contribution in [0.25, 0.3) is 0 Å². The lowest BCUT2D eigenvalue weighted by molar-refractivity contribution is -0.121. The number of benzene rings is 1. The van der Waals surface area contributed by atoms with Crippen LogP contribution in [0.4, 0.5) is 0 Å². The Morgan fingerprint density at radius 3 is 2.50 bits per heavy atom. The van der Waals surface area contributed by atoms with Gasteiger partial charge in [-0.3, -0.25) is 9.78 Å². The van der Waals surface area contributed by atoms with Crippen molar-refractivity contribution in [3.05, 3.63) is 66.0 Å². The number of hydrogen-bond donors (Lipinski definition) is 2. The predicted molar refractivity (Wildman–Crippen MR) is 83.7 cm³/mol. The van der Waals surface area contributed by atoms with E-state index in [1.54, 1.807) is 12.4 Å². The summed E-state index contributed by atoms with van der Waals surface area (Å²) in [4.78, 5) is 15.9. The van der Waals surface area contributed by atoms with Gasteiger partial charge in [-0.05, 0) is 29.0 Å². The van der Waals surface area contributed by atoms with Crippen LogP contribution in [0.3, 0.4) is 0 Å². The summed E-state index contributed by atoms with van der Waals surface area (Å²) in [6.07, 6.45) is 3.91. The first-order valence-electron chi connectivity index (χ1n) is 6.61. The van der Waals surface area contributed by atoms with E-state index in [9.17, 15) is 4.79 Å². The molecule has 4 heteroatoms. The highest BCUT2D eigenvalue weighted by molar-refractivity contribution is 7.80. The molecule has 1 heterocycles. The molecule has 0 aliphatic heterocycles. The van der Waals surface area contributed by atoms with Crippen LogP contribution < -0.4 is 5.32 Å². The maximum atomic E-state index is 12.0. The highest BCUT2D eigenvalue weighted by Crippen LogP contribution is 2.20. The third-order valence-corrected chi connectivity index (χ3v) is 3.60. The number of amides is 1. The summed E-state index contributed by atoms with van der Waals surface area (Å²) in [7, 11) is 0. The van der Waals surface area contributed by atoms with E-state index < -0.39 is 0 Å². The van der Waals surface area contributed by atoms with Crippen molar-refractivity contribution >= 4 is 18.5 Å². The second-order valence-corrected chi connectivity index (χ2v) is 4.99. The first kappa shape index (κ1) is 14.6.